The van der Waals surface area contributed by atoms with Crippen LogP contribution in [0.5, 0.6) is 0 Å². The number of aryl methyl sites for hydroxylation is 1. The van der Waals surface area contributed by atoms with Crippen molar-refractivity contribution in [2.24, 2.45) is 0 Å². The number of pyridine rings is 1. The molecule has 0 saturated heterocycles. The first kappa shape index (κ1) is 12.0. The van der Waals surface area contributed by atoms with Crippen molar-refractivity contribution in [1.29, 1.82) is 0 Å². The molecule has 15 heavy (non-hydrogen) atoms. The van der Waals surface area contributed by atoms with Gasteiger partial charge >= 0.3 is 0 Å². The van der Waals surface area contributed by atoms with Crippen molar-refractivity contribution in [3.8, 4) is 0 Å². The van der Waals surface area contributed by atoms with E-state index < -0.39 is 0 Å². The van der Waals surface area contributed by atoms with Gasteiger partial charge in [0.1, 0.15) is 5.82 Å². The van der Waals surface area contributed by atoms with E-state index in [0.29, 0.717) is 5.82 Å². The SMILES string of the molecule is CC(C)(C)NCCCc1ccc(N)nc1. The molecule has 0 aliphatic carbocycles. The topological polar surface area (TPSA) is 50.9 Å². The molecule has 0 fully saturated rings. The van der Waals surface area contributed by atoms with Crippen molar-refractivity contribution >= 4 is 5.82 Å². The van der Waals surface area contributed by atoms with Gasteiger partial charge in [-0.3, -0.25) is 0 Å². The van der Waals surface area contributed by atoms with E-state index in [-0.39, 0.29) is 5.54 Å². The quantitative estimate of drug-likeness (QED) is 0.742. The zero-order valence-electron chi connectivity index (χ0n) is 9.88. The number of anilines is 1. The molecule has 0 aliphatic rings. The predicted molar refractivity (Wildman–Crippen MR) is 64.7 cm³/mol. The number of hydrogen-bond acceptors (Lipinski definition) is 3. The van der Waals surface area contributed by atoms with Crippen LogP contribution in [0.3, 0.4) is 0 Å². The van der Waals surface area contributed by atoms with Gasteiger partial charge in [0.25, 0.3) is 0 Å². The Morgan fingerprint density at radius 2 is 2.07 bits per heavy atom. The first-order valence-electron chi connectivity index (χ1n) is 5.43. The van der Waals surface area contributed by atoms with Gasteiger partial charge in [0.15, 0.2) is 0 Å². The summed E-state index contributed by atoms with van der Waals surface area (Å²) in [6.45, 7) is 7.57. The molecule has 0 aliphatic heterocycles. The molecule has 0 radical (unpaired) electrons. The van der Waals surface area contributed by atoms with Gasteiger partial charge in [0.2, 0.25) is 0 Å². The molecular formula is C12H21N3. The van der Waals surface area contributed by atoms with E-state index in [0.717, 1.165) is 19.4 Å². The molecule has 0 atom stereocenters. The molecule has 0 spiro atoms. The standard InChI is InChI=1S/C12H21N3/c1-12(2,3)15-8-4-5-10-6-7-11(13)14-9-10/h6-7,9,15H,4-5,8H2,1-3H3,(H2,13,14). The molecule has 0 unspecified atom stereocenters. The molecule has 1 aromatic heterocycles. The normalized spacial score (nSPS) is 11.7. The molecule has 0 aromatic carbocycles. The third-order valence-electron chi connectivity index (χ3n) is 2.15. The Bertz CT molecular complexity index is 285. The Morgan fingerprint density at radius 1 is 1.33 bits per heavy atom. The highest BCUT2D eigenvalue weighted by Crippen LogP contribution is 2.04. The number of nitrogens with two attached hydrogens (primary N) is 1. The third kappa shape index (κ3) is 5.37. The Morgan fingerprint density at radius 3 is 2.60 bits per heavy atom. The van der Waals surface area contributed by atoms with Crippen LogP contribution in [-0.4, -0.2) is 17.1 Å². The van der Waals surface area contributed by atoms with E-state index in [1.54, 1.807) is 0 Å². The first-order valence-corrected chi connectivity index (χ1v) is 5.43. The van der Waals surface area contributed by atoms with Gasteiger partial charge in [-0.05, 0) is 51.8 Å². The summed E-state index contributed by atoms with van der Waals surface area (Å²) in [6.07, 6.45) is 4.03. The van der Waals surface area contributed by atoms with Gasteiger partial charge in [-0.1, -0.05) is 6.07 Å². The van der Waals surface area contributed by atoms with E-state index in [9.17, 15) is 0 Å². The molecule has 0 bridgehead atoms. The van der Waals surface area contributed by atoms with Gasteiger partial charge < -0.3 is 11.1 Å². The predicted octanol–water partition coefficient (Wildman–Crippen LogP) is 1.98. The number of nitrogens with zero attached hydrogens (tertiary/aromatic N) is 1. The van der Waals surface area contributed by atoms with Gasteiger partial charge in [-0.2, -0.15) is 0 Å². The smallest absolute Gasteiger partial charge is 0.123 e. The molecule has 84 valence electrons. The molecule has 3 heteroatoms. The van der Waals surface area contributed by atoms with Gasteiger partial charge in [-0.25, -0.2) is 4.98 Å². The Hall–Kier alpha value is -1.09. The average Bonchev–Trinajstić information content (AvgIpc) is 2.14. The van der Waals surface area contributed by atoms with Crippen LogP contribution in [0.25, 0.3) is 0 Å². The maximum Gasteiger partial charge on any atom is 0.123 e. The summed E-state index contributed by atoms with van der Waals surface area (Å²) in [5, 5.41) is 3.46. The highest BCUT2D eigenvalue weighted by Gasteiger charge is 2.07. The van der Waals surface area contributed by atoms with Crippen molar-refractivity contribution in [3.63, 3.8) is 0 Å². The lowest BCUT2D eigenvalue weighted by Crippen LogP contribution is -2.36. The van der Waals surface area contributed by atoms with Crippen LogP contribution in [0.15, 0.2) is 18.3 Å². The van der Waals surface area contributed by atoms with E-state index in [1.165, 1.54) is 5.56 Å². The number of nitrogens with one attached hydrogen (secondary N) is 1. The Kier molecular flexibility index (Phi) is 4.09. The maximum absolute atomic E-state index is 5.52. The van der Waals surface area contributed by atoms with E-state index in [1.807, 2.05) is 18.3 Å². The fraction of sp³-hybridized carbons (Fsp3) is 0.583. The highest BCUT2D eigenvalue weighted by atomic mass is 14.9. The molecular weight excluding hydrogens is 186 g/mol. The van der Waals surface area contributed by atoms with Crippen LogP contribution < -0.4 is 11.1 Å². The van der Waals surface area contributed by atoms with Crippen molar-refractivity contribution < 1.29 is 0 Å². The van der Waals surface area contributed by atoms with Crippen LogP contribution in [0.4, 0.5) is 5.82 Å². The van der Waals surface area contributed by atoms with Crippen molar-refractivity contribution in [2.75, 3.05) is 12.3 Å². The second-order valence-corrected chi connectivity index (χ2v) is 4.87. The van der Waals surface area contributed by atoms with Crippen molar-refractivity contribution in [3.05, 3.63) is 23.9 Å². The minimum absolute atomic E-state index is 0.208. The largest absolute Gasteiger partial charge is 0.384 e. The monoisotopic (exact) mass is 207 g/mol. The number of aromatic nitrogens is 1. The van der Waals surface area contributed by atoms with Gasteiger partial charge in [0, 0.05) is 11.7 Å². The van der Waals surface area contributed by atoms with Crippen LogP contribution in [0.1, 0.15) is 32.8 Å². The summed E-state index contributed by atoms with van der Waals surface area (Å²) in [4.78, 5) is 4.06. The maximum atomic E-state index is 5.52. The second kappa shape index (κ2) is 5.12. The Balaban J connectivity index is 2.23. The van der Waals surface area contributed by atoms with Crippen LogP contribution in [0, 0.1) is 0 Å². The fourth-order valence-electron chi connectivity index (χ4n) is 1.34. The number of nitrogen functional groups attached to an aromatic ring is 1. The van der Waals surface area contributed by atoms with E-state index in [4.69, 9.17) is 5.73 Å². The molecule has 3 nitrogen and oxygen atoms in total. The zero-order valence-corrected chi connectivity index (χ0v) is 9.88. The molecule has 0 saturated carbocycles. The summed E-state index contributed by atoms with van der Waals surface area (Å²) < 4.78 is 0. The third-order valence-corrected chi connectivity index (χ3v) is 2.15. The summed E-state index contributed by atoms with van der Waals surface area (Å²) in [5.74, 6) is 0.589. The van der Waals surface area contributed by atoms with E-state index >= 15 is 0 Å². The summed E-state index contributed by atoms with van der Waals surface area (Å²) in [6, 6.07) is 3.89. The lowest BCUT2D eigenvalue weighted by atomic mass is 10.1. The van der Waals surface area contributed by atoms with Crippen LogP contribution >= 0.6 is 0 Å². The van der Waals surface area contributed by atoms with Crippen molar-refractivity contribution in [1.82, 2.24) is 10.3 Å². The van der Waals surface area contributed by atoms with Gasteiger partial charge in [0.05, 0.1) is 0 Å². The Labute approximate surface area is 92.1 Å². The van der Waals surface area contributed by atoms with Crippen molar-refractivity contribution in [2.45, 2.75) is 39.2 Å². The van der Waals surface area contributed by atoms with E-state index in [2.05, 4.69) is 31.1 Å². The minimum Gasteiger partial charge on any atom is -0.384 e. The summed E-state index contributed by atoms with van der Waals surface area (Å²) >= 11 is 0. The lowest BCUT2D eigenvalue weighted by molar-refractivity contribution is 0.422. The average molecular weight is 207 g/mol. The fourth-order valence-corrected chi connectivity index (χ4v) is 1.34. The first-order chi connectivity index (χ1) is 6.97. The molecule has 3 N–H and O–H groups in total. The van der Waals surface area contributed by atoms with Crippen LogP contribution in [0.2, 0.25) is 0 Å². The van der Waals surface area contributed by atoms with Gasteiger partial charge in [-0.15, -0.1) is 0 Å². The van der Waals surface area contributed by atoms with Crippen LogP contribution in [-0.2, 0) is 6.42 Å². The second-order valence-electron chi connectivity index (χ2n) is 4.87. The highest BCUT2D eigenvalue weighted by molar-refractivity contribution is 5.29. The summed E-state index contributed by atoms with van der Waals surface area (Å²) in [7, 11) is 0. The number of rotatable bonds is 4. The molecule has 1 rings (SSSR count). The minimum atomic E-state index is 0.208. The molecule has 1 heterocycles. The number of hydrogen-bond donors (Lipinski definition) is 2. The molecule has 1 aromatic rings. The summed E-state index contributed by atoms with van der Waals surface area (Å²) in [5.41, 5.74) is 6.97. The molecule has 0 amide bonds. The lowest BCUT2D eigenvalue weighted by Gasteiger charge is -2.20. The zero-order chi connectivity index (χ0) is 11.3.